The molecule has 0 amide bonds. The van der Waals surface area contributed by atoms with E-state index in [1.165, 1.54) is 0 Å². The summed E-state index contributed by atoms with van der Waals surface area (Å²) in [7, 11) is 0. The molecule has 0 radical (unpaired) electrons. The third kappa shape index (κ3) is 4.24. The van der Waals surface area contributed by atoms with Crippen molar-refractivity contribution < 1.29 is 88.9 Å². The maximum Gasteiger partial charge on any atom is 0.385 e. The van der Waals surface area contributed by atoms with Crippen molar-refractivity contribution in [2.24, 2.45) is 0 Å². The van der Waals surface area contributed by atoms with E-state index in [2.05, 4.69) is 0 Å². The Labute approximate surface area is 175 Å². The molecule has 0 saturated heterocycles. The van der Waals surface area contributed by atoms with Gasteiger partial charge >= 0.3 is 59.8 Å². The topological polar surface area (TPSA) is 37.3 Å². The van der Waals surface area contributed by atoms with E-state index in [9.17, 15) is 83.8 Å². The molecule has 34 heavy (non-hydrogen) atoms. The summed E-state index contributed by atoms with van der Waals surface area (Å²) in [5.41, 5.74) is -1.34. The second-order valence-electron chi connectivity index (χ2n) is 6.47. The average molecular weight is 550 g/mol. The lowest BCUT2D eigenvalue weighted by Crippen LogP contribution is -2.75. The molecular formula is C14H8F18O2. The molecule has 0 heterocycles. The first kappa shape index (κ1) is 31.9. The van der Waals surface area contributed by atoms with E-state index in [-0.39, 0.29) is 0 Å². The lowest BCUT2D eigenvalue weighted by Gasteiger charge is -2.43. The standard InChI is InChI=1S/C14H8F18O2/c1-4(5(33)34)2-3-7(17,18)9(21,22)11(25,26)13(29,30)14(31,32)12(27,28)10(23,24)8(19,20)6(15)16/h2,6H,3H2,1H3,(H,33,34). The lowest BCUT2D eigenvalue weighted by atomic mass is 9.87. The van der Waals surface area contributed by atoms with Crippen molar-refractivity contribution in [3.63, 3.8) is 0 Å². The number of rotatable bonds is 11. The van der Waals surface area contributed by atoms with Gasteiger partial charge in [0.1, 0.15) is 0 Å². The lowest BCUT2D eigenvalue weighted by molar-refractivity contribution is -0.457. The number of carboxylic acids is 1. The Balaban J connectivity index is 6.76. The Hall–Kier alpha value is -2.05. The van der Waals surface area contributed by atoms with Gasteiger partial charge in [0.2, 0.25) is 0 Å². The molecule has 0 spiro atoms. The van der Waals surface area contributed by atoms with E-state index in [0.29, 0.717) is 6.92 Å². The minimum absolute atomic E-state index is 0.350. The highest BCUT2D eigenvalue weighted by atomic mass is 19.4. The molecule has 0 aromatic carbocycles. The van der Waals surface area contributed by atoms with Crippen LogP contribution < -0.4 is 0 Å². The highest BCUT2D eigenvalue weighted by Crippen LogP contribution is 2.64. The molecule has 0 aliphatic carbocycles. The van der Waals surface area contributed by atoms with E-state index in [0.717, 1.165) is 0 Å². The van der Waals surface area contributed by atoms with Crippen LogP contribution in [0.4, 0.5) is 79.0 Å². The predicted octanol–water partition coefficient (Wildman–Crippen LogP) is 6.75. The minimum Gasteiger partial charge on any atom is -0.478 e. The Morgan fingerprint density at radius 1 is 0.647 bits per heavy atom. The molecule has 0 bridgehead atoms. The van der Waals surface area contributed by atoms with Crippen LogP contribution in [0.25, 0.3) is 0 Å². The molecule has 0 fully saturated rings. The molecule has 0 atom stereocenters. The fraction of sp³-hybridized carbons (Fsp3) is 0.786. The van der Waals surface area contributed by atoms with Crippen LogP contribution >= 0.6 is 0 Å². The summed E-state index contributed by atoms with van der Waals surface area (Å²) in [6.07, 6.45) is -9.51. The molecule has 202 valence electrons. The summed E-state index contributed by atoms with van der Waals surface area (Å²) >= 11 is 0. The van der Waals surface area contributed by atoms with Crippen LogP contribution in [0.3, 0.4) is 0 Å². The molecule has 0 saturated carbocycles. The Bertz CT molecular complexity index is 796. The van der Waals surface area contributed by atoms with E-state index in [1.807, 2.05) is 0 Å². The van der Waals surface area contributed by atoms with Crippen LogP contribution in [0.2, 0.25) is 0 Å². The van der Waals surface area contributed by atoms with Crippen molar-refractivity contribution in [1.29, 1.82) is 0 Å². The summed E-state index contributed by atoms with van der Waals surface area (Å²) < 4.78 is 236. The number of halogens is 18. The summed E-state index contributed by atoms with van der Waals surface area (Å²) in [5.74, 6) is -67.4. The van der Waals surface area contributed by atoms with Crippen molar-refractivity contribution >= 4 is 5.97 Å². The van der Waals surface area contributed by atoms with Gasteiger partial charge in [-0.2, -0.15) is 70.2 Å². The molecule has 0 unspecified atom stereocenters. The second kappa shape index (κ2) is 8.56. The van der Waals surface area contributed by atoms with Gasteiger partial charge in [0, 0.05) is 12.0 Å². The van der Waals surface area contributed by atoms with Gasteiger partial charge in [0.25, 0.3) is 0 Å². The van der Waals surface area contributed by atoms with Crippen molar-refractivity contribution in [1.82, 2.24) is 0 Å². The first-order valence-corrected chi connectivity index (χ1v) is 7.73. The van der Waals surface area contributed by atoms with E-state index in [4.69, 9.17) is 5.11 Å². The van der Waals surface area contributed by atoms with Crippen molar-refractivity contribution in [3.8, 4) is 0 Å². The highest BCUT2D eigenvalue weighted by Gasteiger charge is 2.95. The molecule has 0 aromatic rings. The Morgan fingerprint density at radius 2 is 0.941 bits per heavy atom. The Morgan fingerprint density at radius 3 is 1.24 bits per heavy atom. The van der Waals surface area contributed by atoms with Crippen molar-refractivity contribution in [3.05, 3.63) is 11.6 Å². The van der Waals surface area contributed by atoms with E-state index >= 15 is 0 Å². The first-order chi connectivity index (χ1) is 14.5. The predicted molar refractivity (Wildman–Crippen MR) is 71.6 cm³/mol. The normalized spacial score (nSPS) is 16.3. The molecule has 20 heteroatoms. The monoisotopic (exact) mass is 550 g/mol. The van der Waals surface area contributed by atoms with Gasteiger partial charge in [-0.15, -0.1) is 0 Å². The molecule has 1 N–H and O–H groups in total. The number of carboxylic acid groups (broad SMARTS) is 1. The fourth-order valence-electron chi connectivity index (χ4n) is 1.86. The maximum absolute atomic E-state index is 13.5. The van der Waals surface area contributed by atoms with Crippen LogP contribution in [-0.4, -0.2) is 64.9 Å². The van der Waals surface area contributed by atoms with Gasteiger partial charge in [-0.1, -0.05) is 6.08 Å². The van der Waals surface area contributed by atoms with Gasteiger partial charge < -0.3 is 5.11 Å². The third-order valence-electron chi connectivity index (χ3n) is 4.13. The zero-order valence-corrected chi connectivity index (χ0v) is 15.5. The van der Waals surface area contributed by atoms with Crippen LogP contribution in [0.1, 0.15) is 13.3 Å². The largest absolute Gasteiger partial charge is 0.478 e. The van der Waals surface area contributed by atoms with Gasteiger partial charge in [-0.25, -0.2) is 13.6 Å². The van der Waals surface area contributed by atoms with Crippen molar-refractivity contribution in [2.45, 2.75) is 67.2 Å². The van der Waals surface area contributed by atoms with Gasteiger partial charge in [0.15, 0.2) is 0 Å². The summed E-state index contributed by atoms with van der Waals surface area (Å²) in [4.78, 5) is 10.3. The zero-order valence-electron chi connectivity index (χ0n) is 15.5. The number of allylic oxidation sites excluding steroid dienone is 1. The molecule has 0 rings (SSSR count). The Kier molecular flexibility index (Phi) is 8.04. The highest BCUT2D eigenvalue weighted by molar-refractivity contribution is 5.85. The number of aliphatic carboxylic acids is 1. The number of hydrogen-bond donors (Lipinski definition) is 1. The first-order valence-electron chi connectivity index (χ1n) is 7.73. The van der Waals surface area contributed by atoms with E-state index in [1.54, 1.807) is 0 Å². The smallest absolute Gasteiger partial charge is 0.385 e. The van der Waals surface area contributed by atoms with Crippen molar-refractivity contribution in [2.75, 3.05) is 0 Å². The van der Waals surface area contributed by atoms with Gasteiger partial charge in [-0.3, -0.25) is 0 Å². The summed E-state index contributed by atoms with van der Waals surface area (Å²) in [6, 6.07) is 0. The quantitative estimate of drug-likeness (QED) is 0.228. The number of hydrogen-bond acceptors (Lipinski definition) is 1. The fourth-order valence-corrected chi connectivity index (χ4v) is 1.86. The van der Waals surface area contributed by atoms with Gasteiger partial charge in [0.05, 0.1) is 0 Å². The number of alkyl halides is 18. The molecule has 0 aliphatic rings. The van der Waals surface area contributed by atoms with Crippen LogP contribution in [-0.2, 0) is 4.79 Å². The average Bonchev–Trinajstić information content (AvgIpc) is 2.64. The van der Waals surface area contributed by atoms with Gasteiger partial charge in [-0.05, 0) is 6.92 Å². The minimum atomic E-state index is -8.79. The second-order valence-corrected chi connectivity index (χ2v) is 6.47. The van der Waals surface area contributed by atoms with Crippen LogP contribution in [0.5, 0.6) is 0 Å². The molecular weight excluding hydrogens is 542 g/mol. The maximum atomic E-state index is 13.5. The van der Waals surface area contributed by atoms with Crippen LogP contribution in [0, 0.1) is 0 Å². The number of carbonyl (C=O) groups is 1. The summed E-state index contributed by atoms with van der Waals surface area (Å²) in [6.45, 7) is 0.350. The summed E-state index contributed by atoms with van der Waals surface area (Å²) in [5, 5.41) is 8.31. The third-order valence-corrected chi connectivity index (χ3v) is 4.13. The zero-order chi connectivity index (χ0) is 28.1. The van der Waals surface area contributed by atoms with E-state index < -0.39 is 77.8 Å². The van der Waals surface area contributed by atoms with Crippen LogP contribution in [0.15, 0.2) is 11.6 Å². The SMILES string of the molecule is CC(=CCC(F)(F)C(F)(F)C(F)(F)C(F)(F)C(F)(F)C(F)(F)C(F)(F)C(F)(F)C(F)F)C(=O)O. The molecule has 0 aliphatic heterocycles. The molecule has 0 aromatic heterocycles. The molecule has 2 nitrogen and oxygen atoms in total.